The third-order valence-electron chi connectivity index (χ3n) is 3.79. The molecule has 2 rings (SSSR count). The number of nitrogens with two attached hydrogens (primary N) is 1. The molecular weight excluding hydrogens is 384 g/mol. The van der Waals surface area contributed by atoms with Gasteiger partial charge in [-0.15, -0.1) is 23.7 Å². The third-order valence-corrected chi connectivity index (χ3v) is 6.96. The van der Waals surface area contributed by atoms with E-state index in [0.717, 1.165) is 16.0 Å². The average molecular weight is 407 g/mol. The van der Waals surface area contributed by atoms with Gasteiger partial charge in [-0.05, 0) is 18.0 Å². The number of fused-ring (bicyclic) bond motifs is 1. The lowest BCUT2D eigenvalue weighted by Gasteiger charge is -2.28. The summed E-state index contributed by atoms with van der Waals surface area (Å²) < 4.78 is 33.0. The Labute approximate surface area is 158 Å². The van der Waals surface area contributed by atoms with Crippen LogP contribution < -0.4 is 5.73 Å². The molecule has 0 unspecified atom stereocenters. The number of hydrogen-bond acceptors (Lipinski definition) is 6. The Morgan fingerprint density at radius 2 is 1.92 bits per heavy atom. The molecule has 1 aromatic carbocycles. The first kappa shape index (κ1) is 21.9. The number of sulfonamides is 1. The van der Waals surface area contributed by atoms with E-state index in [1.807, 2.05) is 13.8 Å². The second-order valence-electron chi connectivity index (χ2n) is 6.38. The number of nitrogens with zero attached hydrogens (tertiary/aromatic N) is 1. The van der Waals surface area contributed by atoms with Gasteiger partial charge in [0.05, 0.1) is 7.11 Å². The predicted octanol–water partition coefficient (Wildman–Crippen LogP) is 2.72. The van der Waals surface area contributed by atoms with Crippen molar-refractivity contribution in [1.82, 2.24) is 4.31 Å². The molecule has 2 aromatic rings. The van der Waals surface area contributed by atoms with E-state index in [2.05, 4.69) is 0 Å². The van der Waals surface area contributed by atoms with E-state index in [1.165, 1.54) is 18.5 Å². The highest BCUT2D eigenvalue weighted by atomic mass is 35.5. The van der Waals surface area contributed by atoms with Crippen molar-refractivity contribution in [2.45, 2.75) is 18.7 Å². The van der Waals surface area contributed by atoms with E-state index in [4.69, 9.17) is 10.5 Å². The Hall–Kier alpha value is -1.19. The summed E-state index contributed by atoms with van der Waals surface area (Å²) in [6.07, 6.45) is 0. The van der Waals surface area contributed by atoms with Crippen LogP contribution in [0, 0.1) is 5.41 Å². The quantitative estimate of drug-likeness (QED) is 0.745. The minimum absolute atomic E-state index is 0. The van der Waals surface area contributed by atoms with Crippen LogP contribution in [-0.4, -0.2) is 45.9 Å². The lowest BCUT2D eigenvalue weighted by molar-refractivity contribution is 0.0602. The number of esters is 1. The molecule has 0 aliphatic heterocycles. The van der Waals surface area contributed by atoms with Gasteiger partial charge in [0.25, 0.3) is 0 Å². The summed E-state index contributed by atoms with van der Waals surface area (Å²) in [6.45, 7) is 4.38. The molecule has 1 heterocycles. The zero-order valence-electron chi connectivity index (χ0n) is 14.6. The number of thiophene rings is 1. The fourth-order valence-electron chi connectivity index (χ4n) is 2.41. The van der Waals surface area contributed by atoms with Crippen LogP contribution in [0.5, 0.6) is 0 Å². The van der Waals surface area contributed by atoms with Crippen LogP contribution in [0.1, 0.15) is 23.5 Å². The largest absolute Gasteiger partial charge is 0.465 e. The lowest BCUT2D eigenvalue weighted by atomic mass is 9.94. The molecular formula is C16H23ClN2O4S2. The number of rotatable bonds is 6. The molecule has 0 aliphatic rings. The van der Waals surface area contributed by atoms with E-state index < -0.39 is 16.0 Å². The first-order valence-corrected chi connectivity index (χ1v) is 9.66. The minimum atomic E-state index is -3.86. The molecule has 0 spiro atoms. The fourth-order valence-corrected chi connectivity index (χ4v) is 5.54. The summed E-state index contributed by atoms with van der Waals surface area (Å²) in [5.41, 5.74) is 5.34. The molecule has 0 radical (unpaired) electrons. The Balaban J connectivity index is 0.00000312. The summed E-state index contributed by atoms with van der Waals surface area (Å²) in [5, 5.41) is 0.528. The van der Waals surface area contributed by atoms with Gasteiger partial charge in [0.2, 0.25) is 10.0 Å². The summed E-state index contributed by atoms with van der Waals surface area (Å²) in [4.78, 5) is 12.2. The molecule has 0 saturated carbocycles. The van der Waals surface area contributed by atoms with Crippen molar-refractivity contribution in [1.29, 1.82) is 0 Å². The maximum atomic E-state index is 13.1. The van der Waals surface area contributed by atoms with E-state index in [0.29, 0.717) is 11.9 Å². The van der Waals surface area contributed by atoms with Gasteiger partial charge in [-0.2, -0.15) is 0 Å². The fraction of sp³-hybridized carbons (Fsp3) is 0.438. The molecule has 25 heavy (non-hydrogen) atoms. The zero-order valence-corrected chi connectivity index (χ0v) is 17.1. The van der Waals surface area contributed by atoms with Gasteiger partial charge in [0, 0.05) is 23.7 Å². The lowest BCUT2D eigenvalue weighted by Crippen LogP contribution is -2.40. The molecule has 0 saturated heterocycles. The Morgan fingerprint density at radius 3 is 2.48 bits per heavy atom. The molecule has 0 amide bonds. The number of benzene rings is 1. The van der Waals surface area contributed by atoms with Crippen molar-refractivity contribution < 1.29 is 17.9 Å². The Kier molecular flexibility index (Phi) is 7.00. The minimum Gasteiger partial charge on any atom is -0.465 e. The van der Waals surface area contributed by atoms with E-state index in [1.54, 1.807) is 24.3 Å². The molecule has 140 valence electrons. The number of carbonyl (C=O) groups is 1. The van der Waals surface area contributed by atoms with Gasteiger partial charge in [-0.25, -0.2) is 17.5 Å². The molecule has 0 aliphatic carbocycles. The summed E-state index contributed by atoms with van der Waals surface area (Å²) >= 11 is 1.12. The summed E-state index contributed by atoms with van der Waals surface area (Å²) in [6, 6.07) is 7.04. The molecule has 6 nitrogen and oxygen atoms in total. The smallest absolute Gasteiger partial charge is 0.349 e. The first-order chi connectivity index (χ1) is 11.1. The van der Waals surface area contributed by atoms with Crippen molar-refractivity contribution in [2.75, 3.05) is 27.2 Å². The van der Waals surface area contributed by atoms with Gasteiger partial charge >= 0.3 is 5.97 Å². The standard InChI is InChI=1S/C16H22N2O4S2.ClH/c1-16(2,9-17)10-18(3)24(20,21)14-11-7-5-6-8-12(11)23-13(14)15(19)22-4;/h5-8H,9-10,17H2,1-4H3;1H. The maximum absolute atomic E-state index is 13.1. The highest BCUT2D eigenvalue weighted by molar-refractivity contribution is 7.89. The van der Waals surface area contributed by atoms with Crippen molar-refractivity contribution >= 4 is 49.8 Å². The topological polar surface area (TPSA) is 89.7 Å². The van der Waals surface area contributed by atoms with Crippen LogP contribution >= 0.6 is 23.7 Å². The Bertz CT molecular complexity index is 862. The van der Waals surface area contributed by atoms with Gasteiger partial charge in [-0.3, -0.25) is 0 Å². The molecule has 0 atom stereocenters. The van der Waals surface area contributed by atoms with Crippen LogP contribution in [0.15, 0.2) is 29.2 Å². The van der Waals surface area contributed by atoms with Crippen LogP contribution in [0.25, 0.3) is 10.1 Å². The van der Waals surface area contributed by atoms with Gasteiger partial charge in [-0.1, -0.05) is 32.0 Å². The second kappa shape index (κ2) is 8.01. The highest BCUT2D eigenvalue weighted by Crippen LogP contribution is 2.37. The van der Waals surface area contributed by atoms with Gasteiger partial charge in [0.15, 0.2) is 0 Å². The second-order valence-corrected chi connectivity index (χ2v) is 9.41. The van der Waals surface area contributed by atoms with Crippen molar-refractivity contribution in [2.24, 2.45) is 11.1 Å². The van der Waals surface area contributed by atoms with Crippen molar-refractivity contribution in [3.05, 3.63) is 29.1 Å². The average Bonchev–Trinajstić information content (AvgIpc) is 2.93. The maximum Gasteiger partial charge on any atom is 0.349 e. The van der Waals surface area contributed by atoms with Gasteiger partial charge < -0.3 is 10.5 Å². The van der Waals surface area contributed by atoms with Crippen molar-refractivity contribution in [3.63, 3.8) is 0 Å². The number of carbonyl (C=O) groups excluding carboxylic acids is 1. The molecule has 9 heteroatoms. The SMILES string of the molecule is COC(=O)c1sc2ccccc2c1S(=O)(=O)N(C)CC(C)(C)CN.Cl. The number of methoxy groups -OCH3 is 1. The molecule has 2 N–H and O–H groups in total. The predicted molar refractivity (Wildman–Crippen MR) is 103 cm³/mol. The van der Waals surface area contributed by atoms with Crippen LogP contribution in [0.2, 0.25) is 0 Å². The summed E-state index contributed by atoms with van der Waals surface area (Å²) in [7, 11) is -1.12. The van der Waals surface area contributed by atoms with Crippen LogP contribution in [0.3, 0.4) is 0 Å². The number of hydrogen-bond donors (Lipinski definition) is 1. The third kappa shape index (κ3) is 4.32. The van der Waals surface area contributed by atoms with E-state index >= 15 is 0 Å². The first-order valence-electron chi connectivity index (χ1n) is 7.40. The molecule has 0 bridgehead atoms. The zero-order chi connectivity index (χ0) is 18.1. The van der Waals surface area contributed by atoms with Crippen LogP contribution in [0.4, 0.5) is 0 Å². The van der Waals surface area contributed by atoms with Crippen molar-refractivity contribution in [3.8, 4) is 0 Å². The normalized spacial score (nSPS) is 12.2. The number of halogens is 1. The van der Waals surface area contributed by atoms with Gasteiger partial charge in [0.1, 0.15) is 9.77 Å². The van der Waals surface area contributed by atoms with Crippen LogP contribution in [-0.2, 0) is 14.8 Å². The van der Waals surface area contributed by atoms with E-state index in [9.17, 15) is 13.2 Å². The number of ether oxygens (including phenoxy) is 1. The molecule has 1 aromatic heterocycles. The molecule has 0 fully saturated rings. The highest BCUT2D eigenvalue weighted by Gasteiger charge is 2.34. The summed E-state index contributed by atoms with van der Waals surface area (Å²) in [5.74, 6) is -0.652. The Morgan fingerprint density at radius 1 is 1.32 bits per heavy atom. The monoisotopic (exact) mass is 406 g/mol. The van der Waals surface area contributed by atoms with E-state index in [-0.39, 0.29) is 34.1 Å².